The molecular formula is C24H34O9. The van der Waals surface area contributed by atoms with E-state index >= 15 is 0 Å². The summed E-state index contributed by atoms with van der Waals surface area (Å²) >= 11 is 0. The van der Waals surface area contributed by atoms with Gasteiger partial charge in [0.05, 0.1) is 23.5 Å². The second kappa shape index (κ2) is 8.06. The molecule has 2 aliphatic carbocycles. The Hall–Kier alpha value is -1.97. The van der Waals surface area contributed by atoms with E-state index in [9.17, 15) is 19.5 Å². The van der Waals surface area contributed by atoms with E-state index in [4.69, 9.17) is 23.7 Å². The predicted octanol–water partition coefficient (Wildman–Crippen LogP) is 1.69. The minimum atomic E-state index is -1.11. The Morgan fingerprint density at radius 3 is 2.42 bits per heavy atom. The van der Waals surface area contributed by atoms with Crippen molar-refractivity contribution >= 4 is 17.9 Å². The van der Waals surface area contributed by atoms with Crippen molar-refractivity contribution in [2.24, 2.45) is 16.7 Å². The maximum Gasteiger partial charge on any atom is 0.306 e. The molecule has 0 aromatic heterocycles. The third kappa shape index (κ3) is 3.51. The second-order valence-corrected chi connectivity index (χ2v) is 10.5. The van der Waals surface area contributed by atoms with Crippen molar-refractivity contribution in [1.29, 1.82) is 0 Å². The summed E-state index contributed by atoms with van der Waals surface area (Å²) in [6.45, 7) is 10.5. The first-order chi connectivity index (χ1) is 15.4. The van der Waals surface area contributed by atoms with Crippen molar-refractivity contribution in [3.63, 3.8) is 0 Å². The number of carbonyl (C=O) groups excluding carboxylic acids is 3. The number of hydrogen-bond acceptors (Lipinski definition) is 9. The number of ether oxygens (including phenoxy) is 5. The molecule has 1 N–H and O–H groups in total. The number of fused-ring (bicyclic) bond motifs is 2. The van der Waals surface area contributed by atoms with Crippen LogP contribution < -0.4 is 0 Å². The van der Waals surface area contributed by atoms with Crippen LogP contribution in [0.5, 0.6) is 0 Å². The molecule has 1 saturated carbocycles. The average molecular weight is 467 g/mol. The Labute approximate surface area is 193 Å². The fourth-order valence-electron chi connectivity index (χ4n) is 6.26. The molecule has 2 saturated heterocycles. The normalized spacial score (nSPS) is 43.0. The van der Waals surface area contributed by atoms with Gasteiger partial charge in [-0.1, -0.05) is 26.8 Å². The van der Waals surface area contributed by atoms with Crippen LogP contribution in [0.15, 0.2) is 11.6 Å². The van der Waals surface area contributed by atoms with Gasteiger partial charge in [-0.15, -0.1) is 0 Å². The van der Waals surface area contributed by atoms with Gasteiger partial charge in [0.25, 0.3) is 0 Å². The first kappa shape index (κ1) is 24.2. The van der Waals surface area contributed by atoms with E-state index in [0.29, 0.717) is 6.61 Å². The molecule has 2 aliphatic heterocycles. The van der Waals surface area contributed by atoms with Gasteiger partial charge in [0.15, 0.2) is 0 Å². The molecule has 33 heavy (non-hydrogen) atoms. The maximum atomic E-state index is 12.5. The number of aliphatic hydroxyl groups excluding tert-OH is 1. The van der Waals surface area contributed by atoms with Gasteiger partial charge in [0, 0.05) is 26.7 Å². The van der Waals surface area contributed by atoms with Crippen molar-refractivity contribution in [2.75, 3.05) is 13.2 Å². The van der Waals surface area contributed by atoms with Crippen LogP contribution in [-0.4, -0.2) is 72.3 Å². The lowest BCUT2D eigenvalue weighted by atomic mass is 9.51. The summed E-state index contributed by atoms with van der Waals surface area (Å²) in [4.78, 5) is 36.4. The number of aliphatic hydroxyl groups is 1. The summed E-state index contributed by atoms with van der Waals surface area (Å²) in [5, 5.41) is 11.2. The van der Waals surface area contributed by atoms with Crippen molar-refractivity contribution in [3.8, 4) is 0 Å². The van der Waals surface area contributed by atoms with Crippen molar-refractivity contribution in [1.82, 2.24) is 0 Å². The molecule has 1 spiro atoms. The molecule has 4 aliphatic rings. The highest BCUT2D eigenvalue weighted by atomic mass is 16.7. The smallest absolute Gasteiger partial charge is 0.306 e. The quantitative estimate of drug-likeness (QED) is 0.270. The van der Waals surface area contributed by atoms with Crippen molar-refractivity contribution in [2.45, 2.75) is 90.5 Å². The van der Waals surface area contributed by atoms with Crippen LogP contribution in [0.1, 0.15) is 54.4 Å². The number of esters is 3. The Kier molecular flexibility index (Phi) is 5.90. The van der Waals surface area contributed by atoms with Crippen molar-refractivity contribution < 1.29 is 43.2 Å². The molecule has 4 rings (SSSR count). The maximum absolute atomic E-state index is 12.5. The van der Waals surface area contributed by atoms with E-state index in [1.165, 1.54) is 13.8 Å². The predicted molar refractivity (Wildman–Crippen MR) is 114 cm³/mol. The molecule has 3 fully saturated rings. The van der Waals surface area contributed by atoms with Crippen LogP contribution in [0.25, 0.3) is 0 Å². The van der Waals surface area contributed by atoms with E-state index in [-0.39, 0.29) is 31.3 Å². The summed E-state index contributed by atoms with van der Waals surface area (Å²) in [6.07, 6.45) is -1.46. The van der Waals surface area contributed by atoms with Crippen LogP contribution in [0, 0.1) is 16.7 Å². The van der Waals surface area contributed by atoms with Crippen LogP contribution in [-0.2, 0) is 38.1 Å². The number of hydrogen-bond donors (Lipinski definition) is 1. The fraction of sp³-hybridized carbons (Fsp3) is 0.792. The Bertz CT molecular complexity index is 875. The molecule has 0 amide bonds. The summed E-state index contributed by atoms with van der Waals surface area (Å²) < 4.78 is 29.4. The van der Waals surface area contributed by atoms with Gasteiger partial charge < -0.3 is 28.8 Å². The molecule has 0 unspecified atom stereocenters. The Balaban J connectivity index is 1.79. The standard InChI is InChI=1S/C24H34O9/c1-12(2)7-18(27)32-16-9-23(10-29-14(4)25)17(8-13(16)3)33-21-19(28)20(31-15(5)26)22(23,6)24(21)11-30-24/h8,12,16-17,19-21,28H,7,9-11H2,1-6H3/t16-,17-,19-,20+,21+,22-,23-,24+/m0/s1. The van der Waals surface area contributed by atoms with E-state index in [1.807, 2.05) is 33.8 Å². The zero-order valence-corrected chi connectivity index (χ0v) is 20.1. The minimum Gasteiger partial charge on any atom is -0.465 e. The molecule has 2 bridgehead atoms. The van der Waals surface area contributed by atoms with Gasteiger partial charge in [-0.2, -0.15) is 0 Å². The lowest BCUT2D eigenvalue weighted by Gasteiger charge is -2.58. The first-order valence-electron chi connectivity index (χ1n) is 11.5. The lowest BCUT2D eigenvalue weighted by molar-refractivity contribution is -0.241. The zero-order valence-electron chi connectivity index (χ0n) is 20.1. The summed E-state index contributed by atoms with van der Waals surface area (Å²) in [5.74, 6) is -1.18. The zero-order chi connectivity index (χ0) is 24.3. The Morgan fingerprint density at radius 2 is 1.88 bits per heavy atom. The van der Waals surface area contributed by atoms with E-state index in [2.05, 4.69) is 0 Å². The van der Waals surface area contributed by atoms with Crippen LogP contribution in [0.2, 0.25) is 0 Å². The van der Waals surface area contributed by atoms with Gasteiger partial charge in [0.2, 0.25) is 0 Å². The molecular weight excluding hydrogens is 432 g/mol. The topological polar surface area (TPSA) is 121 Å². The number of epoxide rings is 1. The highest BCUT2D eigenvalue weighted by Crippen LogP contribution is 2.72. The largest absolute Gasteiger partial charge is 0.465 e. The SMILES string of the molecule is CC(=O)OC[C@@]12C[C@H](OC(=O)CC(C)C)C(C)=C[C@@H]1O[C@@H]1[C@@H](O)[C@@H](OC(C)=O)[C@]2(C)[C@@]12CO2. The third-order valence-corrected chi connectivity index (χ3v) is 8.00. The Morgan fingerprint density at radius 1 is 1.21 bits per heavy atom. The molecule has 8 atom stereocenters. The van der Waals surface area contributed by atoms with Gasteiger partial charge in [0.1, 0.15) is 36.6 Å². The van der Waals surface area contributed by atoms with Gasteiger partial charge in [-0.3, -0.25) is 14.4 Å². The number of rotatable bonds is 6. The molecule has 0 aromatic carbocycles. The molecule has 9 nitrogen and oxygen atoms in total. The summed E-state index contributed by atoms with van der Waals surface area (Å²) in [5.41, 5.74) is -2.00. The van der Waals surface area contributed by atoms with Gasteiger partial charge in [-0.05, 0) is 18.4 Å². The third-order valence-electron chi connectivity index (χ3n) is 8.00. The highest BCUT2D eigenvalue weighted by Gasteiger charge is 2.86. The highest BCUT2D eigenvalue weighted by molar-refractivity contribution is 5.70. The molecule has 0 aromatic rings. The fourth-order valence-corrected chi connectivity index (χ4v) is 6.26. The minimum absolute atomic E-state index is 0.0617. The monoisotopic (exact) mass is 466 g/mol. The van der Waals surface area contributed by atoms with E-state index in [0.717, 1.165) is 5.57 Å². The van der Waals surface area contributed by atoms with E-state index < -0.39 is 58.9 Å². The first-order valence-corrected chi connectivity index (χ1v) is 11.5. The molecule has 2 heterocycles. The van der Waals surface area contributed by atoms with Crippen LogP contribution in [0.3, 0.4) is 0 Å². The van der Waals surface area contributed by atoms with Gasteiger partial charge in [-0.25, -0.2) is 0 Å². The van der Waals surface area contributed by atoms with Gasteiger partial charge >= 0.3 is 17.9 Å². The molecule has 9 heteroatoms. The second-order valence-electron chi connectivity index (χ2n) is 10.5. The number of carbonyl (C=O) groups is 3. The van der Waals surface area contributed by atoms with Crippen LogP contribution >= 0.6 is 0 Å². The molecule has 0 radical (unpaired) electrons. The lowest BCUT2D eigenvalue weighted by Crippen LogP contribution is -2.68. The average Bonchev–Trinajstić information content (AvgIpc) is 3.48. The summed E-state index contributed by atoms with van der Waals surface area (Å²) in [6, 6.07) is 0. The molecule has 184 valence electrons. The summed E-state index contributed by atoms with van der Waals surface area (Å²) in [7, 11) is 0. The van der Waals surface area contributed by atoms with E-state index in [1.54, 1.807) is 0 Å². The van der Waals surface area contributed by atoms with Crippen LogP contribution in [0.4, 0.5) is 0 Å². The van der Waals surface area contributed by atoms with Crippen molar-refractivity contribution in [3.05, 3.63) is 11.6 Å².